The van der Waals surface area contributed by atoms with Crippen molar-refractivity contribution >= 4 is 33.6 Å². The van der Waals surface area contributed by atoms with Crippen LogP contribution in [0.15, 0.2) is 79.0 Å². The van der Waals surface area contributed by atoms with E-state index in [0.717, 1.165) is 10.9 Å². The molecular formula is C25H16FNO2. The molecule has 1 aliphatic rings. The Labute approximate surface area is 166 Å². The van der Waals surface area contributed by atoms with Crippen LogP contribution in [-0.4, -0.2) is 16.1 Å². The molecule has 0 amide bonds. The van der Waals surface area contributed by atoms with Gasteiger partial charge in [0.2, 0.25) is 0 Å². The number of rotatable bonds is 2. The van der Waals surface area contributed by atoms with Crippen LogP contribution in [0.2, 0.25) is 0 Å². The molecule has 29 heavy (non-hydrogen) atoms. The molecule has 0 spiro atoms. The van der Waals surface area contributed by atoms with E-state index in [-0.39, 0.29) is 11.6 Å². The molecule has 0 unspecified atom stereocenters. The zero-order valence-corrected chi connectivity index (χ0v) is 15.6. The van der Waals surface area contributed by atoms with E-state index in [2.05, 4.69) is 0 Å². The maximum Gasteiger partial charge on any atom is 0.195 e. The summed E-state index contributed by atoms with van der Waals surface area (Å²) in [5.41, 5.74) is 3.64. The molecule has 140 valence electrons. The highest BCUT2D eigenvalue weighted by molar-refractivity contribution is 6.52. The van der Waals surface area contributed by atoms with Crippen molar-refractivity contribution in [1.82, 2.24) is 4.57 Å². The molecule has 4 aromatic rings. The summed E-state index contributed by atoms with van der Waals surface area (Å²) in [6.45, 7) is 0. The Morgan fingerprint density at radius 1 is 0.690 bits per heavy atom. The fourth-order valence-electron chi connectivity index (χ4n) is 4.07. The van der Waals surface area contributed by atoms with Gasteiger partial charge in [-0.15, -0.1) is 0 Å². The molecule has 4 heteroatoms. The largest absolute Gasteiger partial charge is 0.350 e. The SMILES string of the molecule is Cn1cc(C2=C(c3ccc(F)cc3)C(=O)c3ccccc3C2=O)c2ccccc21. The lowest BCUT2D eigenvalue weighted by Crippen LogP contribution is -2.20. The number of allylic oxidation sites excluding steroid dienone is 2. The minimum absolute atomic E-state index is 0.198. The average molecular weight is 381 g/mol. The molecule has 0 bridgehead atoms. The zero-order chi connectivity index (χ0) is 20.1. The number of ketones is 2. The van der Waals surface area contributed by atoms with Gasteiger partial charge < -0.3 is 4.57 Å². The van der Waals surface area contributed by atoms with Gasteiger partial charge >= 0.3 is 0 Å². The van der Waals surface area contributed by atoms with Crippen LogP contribution in [-0.2, 0) is 7.05 Å². The fraction of sp³-hybridized carbons (Fsp3) is 0.0400. The summed E-state index contributed by atoms with van der Waals surface area (Å²) in [7, 11) is 1.91. The molecule has 3 nitrogen and oxygen atoms in total. The number of benzene rings is 3. The minimum atomic E-state index is -0.393. The molecular weight excluding hydrogens is 365 g/mol. The van der Waals surface area contributed by atoms with Crippen molar-refractivity contribution in [2.45, 2.75) is 0 Å². The van der Waals surface area contributed by atoms with Gasteiger partial charge in [0, 0.05) is 52.0 Å². The van der Waals surface area contributed by atoms with Gasteiger partial charge in [-0.3, -0.25) is 9.59 Å². The van der Waals surface area contributed by atoms with Gasteiger partial charge in [0.05, 0.1) is 0 Å². The zero-order valence-electron chi connectivity index (χ0n) is 15.6. The third-order valence-corrected chi connectivity index (χ3v) is 5.42. The number of Topliss-reactive ketones (excluding diaryl/α,β-unsaturated/α-hetero) is 2. The Morgan fingerprint density at radius 3 is 1.97 bits per heavy atom. The van der Waals surface area contributed by atoms with Crippen LogP contribution in [0.3, 0.4) is 0 Å². The number of aromatic nitrogens is 1. The van der Waals surface area contributed by atoms with Gasteiger partial charge in [0.15, 0.2) is 11.6 Å². The minimum Gasteiger partial charge on any atom is -0.350 e. The van der Waals surface area contributed by atoms with E-state index >= 15 is 0 Å². The van der Waals surface area contributed by atoms with Gasteiger partial charge in [-0.05, 0) is 23.8 Å². The van der Waals surface area contributed by atoms with Crippen molar-refractivity contribution in [3.05, 3.63) is 107 Å². The Bertz CT molecular complexity index is 1340. The molecule has 0 saturated carbocycles. The van der Waals surface area contributed by atoms with E-state index in [1.54, 1.807) is 36.4 Å². The molecule has 0 fully saturated rings. The fourth-order valence-corrected chi connectivity index (χ4v) is 4.07. The van der Waals surface area contributed by atoms with E-state index in [9.17, 15) is 14.0 Å². The van der Waals surface area contributed by atoms with Gasteiger partial charge in [-0.2, -0.15) is 0 Å². The van der Waals surface area contributed by atoms with Crippen molar-refractivity contribution in [1.29, 1.82) is 0 Å². The molecule has 1 aromatic heterocycles. The molecule has 0 saturated heterocycles. The van der Waals surface area contributed by atoms with Crippen molar-refractivity contribution < 1.29 is 14.0 Å². The third kappa shape index (κ3) is 2.57. The number of nitrogens with zero attached hydrogens (tertiary/aromatic N) is 1. The lowest BCUT2D eigenvalue weighted by Gasteiger charge is -2.21. The molecule has 0 atom stereocenters. The molecule has 0 radical (unpaired) electrons. The molecule has 0 N–H and O–H groups in total. The van der Waals surface area contributed by atoms with E-state index in [1.165, 1.54) is 12.1 Å². The van der Waals surface area contributed by atoms with E-state index < -0.39 is 5.82 Å². The lowest BCUT2D eigenvalue weighted by molar-refractivity contribution is 0.101. The lowest BCUT2D eigenvalue weighted by atomic mass is 9.78. The highest BCUT2D eigenvalue weighted by atomic mass is 19.1. The first-order valence-corrected chi connectivity index (χ1v) is 9.29. The summed E-state index contributed by atoms with van der Waals surface area (Å²) in [5, 5.41) is 0.894. The van der Waals surface area contributed by atoms with Crippen LogP contribution in [0.25, 0.3) is 22.0 Å². The van der Waals surface area contributed by atoms with Crippen molar-refractivity contribution in [2.75, 3.05) is 0 Å². The van der Waals surface area contributed by atoms with Gasteiger partial charge in [-0.25, -0.2) is 4.39 Å². The first-order valence-electron chi connectivity index (χ1n) is 9.29. The molecule has 0 aliphatic heterocycles. The first kappa shape index (κ1) is 17.3. The second kappa shape index (κ2) is 6.38. The summed E-state index contributed by atoms with van der Waals surface area (Å²) in [5.74, 6) is -0.818. The van der Waals surface area contributed by atoms with Crippen LogP contribution in [0.5, 0.6) is 0 Å². The van der Waals surface area contributed by atoms with Crippen molar-refractivity contribution in [2.24, 2.45) is 7.05 Å². The number of halogens is 1. The summed E-state index contributed by atoms with van der Waals surface area (Å²) < 4.78 is 15.5. The van der Waals surface area contributed by atoms with Crippen molar-refractivity contribution in [3.8, 4) is 0 Å². The van der Waals surface area contributed by atoms with Gasteiger partial charge in [0.25, 0.3) is 0 Å². The Hall–Kier alpha value is -3.79. The number of para-hydroxylation sites is 1. The van der Waals surface area contributed by atoms with Crippen LogP contribution in [0.1, 0.15) is 31.8 Å². The average Bonchev–Trinajstić information content (AvgIpc) is 3.08. The summed E-state index contributed by atoms with van der Waals surface area (Å²) in [6, 6.07) is 20.3. The van der Waals surface area contributed by atoms with Gasteiger partial charge in [-0.1, -0.05) is 54.6 Å². The maximum absolute atomic E-state index is 13.6. The topological polar surface area (TPSA) is 39.1 Å². The highest BCUT2D eigenvalue weighted by Gasteiger charge is 2.34. The number of hydrogen-bond acceptors (Lipinski definition) is 2. The van der Waals surface area contributed by atoms with Crippen LogP contribution in [0.4, 0.5) is 4.39 Å². The summed E-state index contributed by atoms with van der Waals surface area (Å²) in [6.07, 6.45) is 1.88. The monoisotopic (exact) mass is 381 g/mol. The number of aryl methyl sites for hydroxylation is 1. The second-order valence-electron chi connectivity index (χ2n) is 7.13. The highest BCUT2D eigenvalue weighted by Crippen LogP contribution is 2.40. The second-order valence-corrected chi connectivity index (χ2v) is 7.13. The standard InChI is InChI=1S/C25H16FNO2/c1-27-14-20(17-6-4-5-9-21(17)27)23-22(15-10-12-16(26)13-11-15)24(28)18-7-2-3-8-19(18)25(23)29/h2-14H,1H3. The molecule has 3 aromatic carbocycles. The Kier molecular flexibility index (Phi) is 3.81. The van der Waals surface area contributed by atoms with E-state index in [1.807, 2.05) is 42.1 Å². The first-order chi connectivity index (χ1) is 14.1. The number of carbonyl (C=O) groups is 2. The number of fused-ring (bicyclic) bond motifs is 2. The van der Waals surface area contributed by atoms with E-state index in [4.69, 9.17) is 0 Å². The maximum atomic E-state index is 13.6. The summed E-state index contributed by atoms with van der Waals surface area (Å²) >= 11 is 0. The normalized spacial score (nSPS) is 13.9. The van der Waals surface area contributed by atoms with Crippen LogP contribution in [0, 0.1) is 5.82 Å². The van der Waals surface area contributed by atoms with E-state index in [0.29, 0.717) is 33.4 Å². The Balaban J connectivity index is 1.89. The summed E-state index contributed by atoms with van der Waals surface area (Å²) in [4.78, 5) is 27.0. The van der Waals surface area contributed by atoms with Crippen LogP contribution < -0.4 is 0 Å². The molecule has 5 rings (SSSR count). The Morgan fingerprint density at radius 2 is 1.28 bits per heavy atom. The predicted molar refractivity (Wildman–Crippen MR) is 111 cm³/mol. The third-order valence-electron chi connectivity index (χ3n) is 5.42. The van der Waals surface area contributed by atoms with Gasteiger partial charge in [0.1, 0.15) is 5.82 Å². The van der Waals surface area contributed by atoms with Crippen molar-refractivity contribution in [3.63, 3.8) is 0 Å². The number of hydrogen-bond donors (Lipinski definition) is 0. The quantitative estimate of drug-likeness (QED) is 0.472. The predicted octanol–water partition coefficient (Wildman–Crippen LogP) is 5.31. The smallest absolute Gasteiger partial charge is 0.195 e. The number of carbonyl (C=O) groups excluding carboxylic acids is 2. The van der Waals surface area contributed by atoms with Crippen LogP contribution >= 0.6 is 0 Å². The molecule has 1 heterocycles. The molecule has 1 aliphatic carbocycles.